The summed E-state index contributed by atoms with van der Waals surface area (Å²) in [6.45, 7) is 4.52. The van der Waals surface area contributed by atoms with Crippen LogP contribution in [0.1, 0.15) is 49.7 Å². The van der Waals surface area contributed by atoms with Crippen molar-refractivity contribution in [3.63, 3.8) is 0 Å². The highest BCUT2D eigenvalue weighted by Crippen LogP contribution is 2.38. The van der Waals surface area contributed by atoms with E-state index in [2.05, 4.69) is 27.4 Å². The number of nitrogens with one attached hydrogen (secondary N) is 2. The summed E-state index contributed by atoms with van der Waals surface area (Å²) in [4.78, 5) is 18.7. The number of nitrogens with zero attached hydrogens (tertiary/aromatic N) is 2. The Bertz CT molecular complexity index is 1070. The Hall–Kier alpha value is -2.94. The first-order valence-corrected chi connectivity index (χ1v) is 11.6. The molecule has 0 aliphatic carbocycles. The van der Waals surface area contributed by atoms with Crippen LogP contribution in [0.15, 0.2) is 41.4 Å². The Balaban J connectivity index is 1.43. The maximum Gasteiger partial charge on any atom is 0.418 e. The molecule has 2 atom stereocenters. The maximum atomic E-state index is 13.7. The Morgan fingerprint density at radius 1 is 1.21 bits per heavy atom. The summed E-state index contributed by atoms with van der Waals surface area (Å²) in [7, 11) is 0. The minimum atomic E-state index is -4.55. The molecule has 182 valence electrons. The van der Waals surface area contributed by atoms with Crippen LogP contribution in [-0.2, 0) is 11.0 Å². The average Bonchev–Trinajstić information content (AvgIpc) is 3.10. The van der Waals surface area contributed by atoms with Gasteiger partial charge in [0.25, 0.3) is 0 Å². The van der Waals surface area contributed by atoms with E-state index in [1.54, 1.807) is 0 Å². The molecule has 1 fully saturated rings. The molecule has 2 aliphatic heterocycles. The maximum absolute atomic E-state index is 13.7. The summed E-state index contributed by atoms with van der Waals surface area (Å²) in [5.41, 5.74) is 0.177. The lowest BCUT2D eigenvalue weighted by molar-refractivity contribution is -0.137. The lowest BCUT2D eigenvalue weighted by Crippen LogP contribution is -2.38. The van der Waals surface area contributed by atoms with Crippen molar-refractivity contribution in [1.82, 2.24) is 4.90 Å². The van der Waals surface area contributed by atoms with Crippen LogP contribution < -0.4 is 10.6 Å². The van der Waals surface area contributed by atoms with Gasteiger partial charge < -0.3 is 15.5 Å². The average molecular weight is 477 g/mol. The zero-order chi connectivity index (χ0) is 24.3. The van der Waals surface area contributed by atoms with Gasteiger partial charge in [-0.25, -0.2) is 4.39 Å². The Kier molecular flexibility index (Phi) is 7.21. The molecular formula is C25H28F4N4O. The number of hydrogen-bond acceptors (Lipinski definition) is 4. The van der Waals surface area contributed by atoms with Gasteiger partial charge in [-0.1, -0.05) is 12.5 Å². The molecule has 0 aromatic heterocycles. The molecule has 2 unspecified atom stereocenters. The Labute approximate surface area is 196 Å². The normalized spacial score (nSPS) is 21.0. The molecule has 4 rings (SSSR count). The highest BCUT2D eigenvalue weighted by molar-refractivity contribution is 6.12. The van der Waals surface area contributed by atoms with E-state index in [-0.39, 0.29) is 11.4 Å². The minimum absolute atomic E-state index is 0.0116. The highest BCUT2D eigenvalue weighted by atomic mass is 19.4. The second-order valence-corrected chi connectivity index (χ2v) is 8.87. The first kappa shape index (κ1) is 24.2. The van der Waals surface area contributed by atoms with Crippen molar-refractivity contribution in [3.8, 4) is 0 Å². The number of rotatable bonds is 7. The number of hydrogen-bond donors (Lipinski definition) is 2. The fourth-order valence-corrected chi connectivity index (χ4v) is 4.56. The summed E-state index contributed by atoms with van der Waals surface area (Å²) in [5, 5.41) is 5.49. The van der Waals surface area contributed by atoms with Gasteiger partial charge in [0.15, 0.2) is 0 Å². The molecule has 2 N–H and O–H groups in total. The fourth-order valence-electron chi connectivity index (χ4n) is 4.56. The Morgan fingerprint density at radius 2 is 2.03 bits per heavy atom. The van der Waals surface area contributed by atoms with Crippen LogP contribution >= 0.6 is 0 Å². The largest absolute Gasteiger partial charge is 0.418 e. The Morgan fingerprint density at radius 3 is 2.79 bits per heavy atom. The summed E-state index contributed by atoms with van der Waals surface area (Å²) in [6, 6.07) is 8.26. The quantitative estimate of drug-likeness (QED) is 0.295. The molecule has 1 amide bonds. The molecule has 9 heteroatoms. The number of likely N-dealkylation sites (tertiary alicyclic amines) is 1. The number of benzene rings is 2. The first-order valence-electron chi connectivity index (χ1n) is 11.6. The number of anilines is 2. The topological polar surface area (TPSA) is 56.7 Å². The number of alkyl halides is 3. The third-order valence-corrected chi connectivity index (χ3v) is 6.45. The van der Waals surface area contributed by atoms with Crippen LogP contribution in [0, 0.1) is 5.82 Å². The monoisotopic (exact) mass is 476 g/mol. The summed E-state index contributed by atoms with van der Waals surface area (Å²) >= 11 is 0. The molecular weight excluding hydrogens is 448 g/mol. The summed E-state index contributed by atoms with van der Waals surface area (Å²) in [5.74, 6) is -1.68. The van der Waals surface area contributed by atoms with Gasteiger partial charge in [-0.2, -0.15) is 13.2 Å². The minimum Gasteiger partial charge on any atom is -0.385 e. The second kappa shape index (κ2) is 10.1. The third kappa shape index (κ3) is 5.58. The molecule has 5 nitrogen and oxygen atoms in total. The van der Waals surface area contributed by atoms with Gasteiger partial charge in [-0.05, 0) is 68.6 Å². The lowest BCUT2D eigenvalue weighted by Gasteiger charge is -2.33. The molecule has 0 bridgehead atoms. The van der Waals surface area contributed by atoms with Crippen molar-refractivity contribution < 1.29 is 22.4 Å². The van der Waals surface area contributed by atoms with Gasteiger partial charge in [0, 0.05) is 36.7 Å². The number of carbonyl (C=O) groups is 1. The van der Waals surface area contributed by atoms with E-state index in [0.29, 0.717) is 23.8 Å². The smallest absolute Gasteiger partial charge is 0.385 e. The predicted molar refractivity (Wildman–Crippen MR) is 125 cm³/mol. The molecule has 1 saturated heterocycles. The van der Waals surface area contributed by atoms with E-state index in [1.807, 2.05) is 0 Å². The van der Waals surface area contributed by atoms with Crippen LogP contribution in [0.2, 0.25) is 0 Å². The lowest BCUT2D eigenvalue weighted by atomic mass is 10.0. The van der Waals surface area contributed by atoms with E-state index in [1.165, 1.54) is 55.8 Å². The van der Waals surface area contributed by atoms with Gasteiger partial charge in [0.05, 0.1) is 11.3 Å². The number of fused-ring (bicyclic) bond motifs is 1. The van der Waals surface area contributed by atoms with Crippen molar-refractivity contribution in [2.45, 2.75) is 50.7 Å². The molecule has 0 radical (unpaired) electrons. The van der Waals surface area contributed by atoms with E-state index in [0.717, 1.165) is 25.6 Å². The number of halogens is 4. The molecule has 2 aliphatic rings. The van der Waals surface area contributed by atoms with E-state index >= 15 is 0 Å². The van der Waals surface area contributed by atoms with Crippen molar-refractivity contribution in [2.75, 3.05) is 30.3 Å². The van der Waals surface area contributed by atoms with Crippen molar-refractivity contribution >= 4 is 29.2 Å². The number of piperidine rings is 1. The molecule has 2 aromatic rings. The molecule has 0 spiro atoms. The summed E-state index contributed by atoms with van der Waals surface area (Å²) < 4.78 is 54.5. The van der Waals surface area contributed by atoms with Crippen molar-refractivity contribution in [3.05, 3.63) is 53.3 Å². The standard InChI is InChI=1S/C25H28F4N4O/c1-16-5-2-3-11-33(16)12-4-10-30-22-9-7-18(14-21(22)25(27,28)29)31-15-20-19-8-6-17(26)13-23(19)32-24(20)34/h6-9,13-16,20,30H,2-5,10-12H2,1H3,(H,32,34). The molecule has 34 heavy (non-hydrogen) atoms. The molecule has 0 saturated carbocycles. The number of amides is 1. The zero-order valence-corrected chi connectivity index (χ0v) is 19.0. The van der Waals surface area contributed by atoms with Crippen molar-refractivity contribution in [1.29, 1.82) is 0 Å². The second-order valence-electron chi connectivity index (χ2n) is 8.87. The number of carbonyl (C=O) groups excluding carboxylic acids is 1. The zero-order valence-electron chi connectivity index (χ0n) is 19.0. The van der Waals surface area contributed by atoms with E-state index < -0.39 is 29.4 Å². The SMILES string of the molecule is CC1CCCCN1CCCNc1ccc(N=CC2C(=O)Nc3cc(F)ccc32)cc1C(F)(F)F. The molecule has 2 aromatic carbocycles. The van der Waals surface area contributed by atoms with Gasteiger partial charge in [0.2, 0.25) is 5.91 Å². The van der Waals surface area contributed by atoms with Crippen LogP contribution in [-0.4, -0.2) is 42.7 Å². The van der Waals surface area contributed by atoms with Crippen molar-refractivity contribution in [2.24, 2.45) is 4.99 Å². The van der Waals surface area contributed by atoms with Crippen LogP contribution in [0.25, 0.3) is 0 Å². The van der Waals surface area contributed by atoms with E-state index in [9.17, 15) is 22.4 Å². The van der Waals surface area contributed by atoms with Gasteiger partial charge in [0.1, 0.15) is 11.7 Å². The van der Waals surface area contributed by atoms with Crippen LogP contribution in [0.4, 0.5) is 34.6 Å². The van der Waals surface area contributed by atoms with Crippen LogP contribution in [0.5, 0.6) is 0 Å². The summed E-state index contributed by atoms with van der Waals surface area (Å²) in [6.07, 6.45) is 1.06. The highest BCUT2D eigenvalue weighted by Gasteiger charge is 2.34. The van der Waals surface area contributed by atoms with Crippen LogP contribution in [0.3, 0.4) is 0 Å². The number of aliphatic imine (C=N–C) groups is 1. The van der Waals surface area contributed by atoms with E-state index in [4.69, 9.17) is 0 Å². The predicted octanol–water partition coefficient (Wildman–Crippen LogP) is 5.96. The molecule has 2 heterocycles. The first-order chi connectivity index (χ1) is 16.2. The third-order valence-electron chi connectivity index (χ3n) is 6.45. The van der Waals surface area contributed by atoms with Gasteiger partial charge in [-0.15, -0.1) is 0 Å². The van der Waals surface area contributed by atoms with Gasteiger partial charge >= 0.3 is 6.18 Å². The van der Waals surface area contributed by atoms with Gasteiger partial charge in [-0.3, -0.25) is 9.79 Å². The fraction of sp³-hybridized carbons (Fsp3) is 0.440.